The highest BCUT2D eigenvalue weighted by Crippen LogP contribution is 2.30. The zero-order valence-corrected chi connectivity index (χ0v) is 19.8. The molecule has 0 aliphatic carbocycles. The van der Waals surface area contributed by atoms with Gasteiger partial charge in [-0.15, -0.1) is 0 Å². The van der Waals surface area contributed by atoms with E-state index in [1.54, 1.807) is 29.2 Å². The SMILES string of the molecule is Cc1cnc(C)c2cc(-c3noc(C4CCN(C(=O)CNC(=O)c5ccccc5)CC4)n3)ccc12. The third kappa shape index (κ3) is 4.77. The van der Waals surface area contributed by atoms with Crippen LogP contribution in [0.25, 0.3) is 22.2 Å². The van der Waals surface area contributed by atoms with Crippen LogP contribution in [0.3, 0.4) is 0 Å². The van der Waals surface area contributed by atoms with Crippen molar-refractivity contribution < 1.29 is 14.1 Å². The Morgan fingerprint density at radius 3 is 2.60 bits per heavy atom. The van der Waals surface area contributed by atoms with E-state index >= 15 is 0 Å². The molecule has 0 radical (unpaired) electrons. The third-order valence-corrected chi connectivity index (χ3v) is 6.62. The van der Waals surface area contributed by atoms with Gasteiger partial charge in [0.1, 0.15) is 0 Å². The van der Waals surface area contributed by atoms with Crippen molar-refractivity contribution in [2.24, 2.45) is 0 Å². The highest BCUT2D eigenvalue weighted by atomic mass is 16.5. The molecule has 0 atom stereocenters. The van der Waals surface area contributed by atoms with Crippen molar-refractivity contribution in [1.82, 2.24) is 25.3 Å². The summed E-state index contributed by atoms with van der Waals surface area (Å²) in [6.45, 7) is 5.20. The molecule has 0 saturated carbocycles. The number of rotatable bonds is 5. The molecule has 2 aromatic heterocycles. The summed E-state index contributed by atoms with van der Waals surface area (Å²) in [5.74, 6) is 0.926. The van der Waals surface area contributed by atoms with Gasteiger partial charge in [0.15, 0.2) is 0 Å². The fraction of sp³-hybridized carbons (Fsp3) is 0.296. The number of likely N-dealkylation sites (tertiary alicyclic amines) is 1. The summed E-state index contributed by atoms with van der Waals surface area (Å²) in [4.78, 5) is 35.7. The Balaban J connectivity index is 1.19. The molecule has 8 heteroatoms. The second-order valence-corrected chi connectivity index (χ2v) is 8.95. The highest BCUT2D eigenvalue weighted by molar-refractivity contribution is 5.96. The molecule has 1 aliphatic heterocycles. The zero-order chi connectivity index (χ0) is 24.4. The average Bonchev–Trinajstić information content (AvgIpc) is 3.40. The quantitative estimate of drug-likeness (QED) is 0.473. The van der Waals surface area contributed by atoms with Gasteiger partial charge in [0.2, 0.25) is 17.6 Å². The van der Waals surface area contributed by atoms with Crippen molar-refractivity contribution in [1.29, 1.82) is 0 Å². The monoisotopic (exact) mass is 469 g/mol. The molecular weight excluding hydrogens is 442 g/mol. The molecule has 1 aliphatic rings. The molecule has 1 saturated heterocycles. The maximum absolute atomic E-state index is 12.6. The molecule has 2 aromatic carbocycles. The number of aryl methyl sites for hydroxylation is 2. The number of hydrogen-bond acceptors (Lipinski definition) is 6. The maximum atomic E-state index is 12.6. The Hall–Kier alpha value is -4.07. The van der Waals surface area contributed by atoms with Gasteiger partial charge in [0, 0.05) is 47.4 Å². The summed E-state index contributed by atoms with van der Waals surface area (Å²) in [5, 5.41) is 9.17. The molecule has 3 heterocycles. The maximum Gasteiger partial charge on any atom is 0.251 e. The molecule has 4 aromatic rings. The number of benzene rings is 2. The predicted octanol–water partition coefficient (Wildman–Crippen LogP) is 4.04. The van der Waals surface area contributed by atoms with Gasteiger partial charge in [0.05, 0.1) is 6.54 Å². The summed E-state index contributed by atoms with van der Waals surface area (Å²) < 4.78 is 5.61. The molecule has 5 rings (SSSR count). The Kier molecular flexibility index (Phi) is 6.27. The number of carbonyl (C=O) groups is 2. The lowest BCUT2D eigenvalue weighted by Gasteiger charge is -2.30. The van der Waals surface area contributed by atoms with Gasteiger partial charge in [0.25, 0.3) is 5.91 Å². The van der Waals surface area contributed by atoms with Crippen molar-refractivity contribution >= 4 is 22.6 Å². The highest BCUT2D eigenvalue weighted by Gasteiger charge is 2.28. The number of nitrogens with zero attached hydrogens (tertiary/aromatic N) is 4. The number of nitrogens with one attached hydrogen (secondary N) is 1. The lowest BCUT2D eigenvalue weighted by atomic mass is 9.96. The standard InChI is InChI=1S/C27H27N5O3/c1-17-15-28-18(2)23-14-21(8-9-22(17)23)25-30-27(35-31-25)20-10-12-32(13-11-20)24(33)16-29-26(34)19-6-4-3-5-7-19/h3-9,14-15,20H,10-13,16H2,1-2H3,(H,29,34). The summed E-state index contributed by atoms with van der Waals surface area (Å²) in [6, 6.07) is 15.0. The van der Waals surface area contributed by atoms with E-state index in [-0.39, 0.29) is 24.3 Å². The fourth-order valence-electron chi connectivity index (χ4n) is 4.51. The van der Waals surface area contributed by atoms with Crippen LogP contribution in [0.4, 0.5) is 0 Å². The van der Waals surface area contributed by atoms with E-state index in [1.165, 1.54) is 5.39 Å². The van der Waals surface area contributed by atoms with E-state index in [1.807, 2.05) is 25.3 Å². The number of aromatic nitrogens is 3. The third-order valence-electron chi connectivity index (χ3n) is 6.62. The molecule has 0 unspecified atom stereocenters. The summed E-state index contributed by atoms with van der Waals surface area (Å²) in [7, 11) is 0. The normalized spacial score (nSPS) is 14.3. The first-order chi connectivity index (χ1) is 17.0. The Morgan fingerprint density at radius 1 is 1.06 bits per heavy atom. The molecule has 2 amide bonds. The molecule has 0 bridgehead atoms. The molecule has 1 N–H and O–H groups in total. The smallest absolute Gasteiger partial charge is 0.251 e. The Bertz CT molecular complexity index is 1370. The summed E-state index contributed by atoms with van der Waals surface area (Å²) in [5.41, 5.74) is 3.53. The van der Waals surface area contributed by atoms with Gasteiger partial charge in [-0.1, -0.05) is 35.5 Å². The van der Waals surface area contributed by atoms with E-state index in [0.29, 0.717) is 30.4 Å². The van der Waals surface area contributed by atoms with Crippen LogP contribution in [-0.2, 0) is 4.79 Å². The summed E-state index contributed by atoms with van der Waals surface area (Å²) >= 11 is 0. The first-order valence-corrected chi connectivity index (χ1v) is 11.8. The van der Waals surface area contributed by atoms with Gasteiger partial charge >= 0.3 is 0 Å². The zero-order valence-electron chi connectivity index (χ0n) is 19.8. The number of hydrogen-bond donors (Lipinski definition) is 1. The van der Waals surface area contributed by atoms with Crippen LogP contribution in [0.2, 0.25) is 0 Å². The van der Waals surface area contributed by atoms with Gasteiger partial charge in [-0.3, -0.25) is 14.6 Å². The van der Waals surface area contributed by atoms with E-state index in [0.717, 1.165) is 35.0 Å². The minimum Gasteiger partial charge on any atom is -0.343 e. The van der Waals surface area contributed by atoms with Gasteiger partial charge < -0.3 is 14.7 Å². The van der Waals surface area contributed by atoms with Crippen molar-refractivity contribution in [3.05, 3.63) is 77.4 Å². The number of carbonyl (C=O) groups excluding carboxylic acids is 2. The molecule has 35 heavy (non-hydrogen) atoms. The topological polar surface area (TPSA) is 101 Å². The second-order valence-electron chi connectivity index (χ2n) is 8.95. The van der Waals surface area contributed by atoms with Crippen molar-refractivity contribution in [3.8, 4) is 11.4 Å². The van der Waals surface area contributed by atoms with Crippen molar-refractivity contribution in [3.63, 3.8) is 0 Å². The van der Waals surface area contributed by atoms with E-state index in [4.69, 9.17) is 4.52 Å². The predicted molar refractivity (Wildman–Crippen MR) is 132 cm³/mol. The summed E-state index contributed by atoms with van der Waals surface area (Å²) in [6.07, 6.45) is 3.36. The molecule has 0 spiro atoms. The first-order valence-electron chi connectivity index (χ1n) is 11.8. The fourth-order valence-corrected chi connectivity index (χ4v) is 4.51. The van der Waals surface area contributed by atoms with E-state index in [2.05, 4.69) is 39.5 Å². The molecule has 8 nitrogen and oxygen atoms in total. The van der Waals surface area contributed by atoms with Crippen LogP contribution in [0.15, 0.2) is 59.3 Å². The number of piperidine rings is 1. The number of amides is 2. The van der Waals surface area contributed by atoms with Crippen LogP contribution in [0.1, 0.15) is 46.3 Å². The molecule has 178 valence electrons. The van der Waals surface area contributed by atoms with Crippen LogP contribution < -0.4 is 5.32 Å². The van der Waals surface area contributed by atoms with Gasteiger partial charge in [-0.25, -0.2) is 0 Å². The van der Waals surface area contributed by atoms with Crippen LogP contribution >= 0.6 is 0 Å². The Morgan fingerprint density at radius 2 is 1.83 bits per heavy atom. The van der Waals surface area contributed by atoms with Crippen LogP contribution in [-0.4, -0.2) is 51.5 Å². The first kappa shape index (κ1) is 22.7. The van der Waals surface area contributed by atoms with E-state index in [9.17, 15) is 9.59 Å². The number of fused-ring (bicyclic) bond motifs is 1. The lowest BCUT2D eigenvalue weighted by Crippen LogP contribution is -2.43. The Labute approximate surface area is 203 Å². The van der Waals surface area contributed by atoms with Gasteiger partial charge in [-0.05, 0) is 55.8 Å². The minimum absolute atomic E-state index is 0.0151. The van der Waals surface area contributed by atoms with E-state index < -0.39 is 0 Å². The van der Waals surface area contributed by atoms with Crippen LogP contribution in [0.5, 0.6) is 0 Å². The van der Waals surface area contributed by atoms with Crippen LogP contribution in [0, 0.1) is 13.8 Å². The number of pyridine rings is 1. The second kappa shape index (κ2) is 9.66. The molecular formula is C27H27N5O3. The van der Waals surface area contributed by atoms with Gasteiger partial charge in [-0.2, -0.15) is 4.98 Å². The average molecular weight is 470 g/mol. The largest absolute Gasteiger partial charge is 0.343 e. The molecule has 1 fully saturated rings. The minimum atomic E-state index is -0.248. The van der Waals surface area contributed by atoms with Crippen molar-refractivity contribution in [2.45, 2.75) is 32.6 Å². The lowest BCUT2D eigenvalue weighted by molar-refractivity contribution is -0.131. The van der Waals surface area contributed by atoms with Crippen molar-refractivity contribution in [2.75, 3.05) is 19.6 Å².